The maximum atomic E-state index is 13.0. The van der Waals surface area contributed by atoms with Crippen LogP contribution >= 0.6 is 0 Å². The van der Waals surface area contributed by atoms with E-state index in [2.05, 4.69) is 0 Å². The van der Waals surface area contributed by atoms with Gasteiger partial charge in [-0.05, 0) is 44.0 Å². The molecule has 0 N–H and O–H groups in total. The van der Waals surface area contributed by atoms with E-state index >= 15 is 0 Å². The van der Waals surface area contributed by atoms with E-state index in [1.54, 1.807) is 23.1 Å². The zero-order valence-electron chi connectivity index (χ0n) is 17.8. The first-order chi connectivity index (χ1) is 14.3. The molecule has 9 heteroatoms. The molecule has 0 bridgehead atoms. The zero-order valence-corrected chi connectivity index (χ0v) is 18.6. The van der Waals surface area contributed by atoms with Gasteiger partial charge in [-0.2, -0.15) is 21.6 Å². The van der Waals surface area contributed by atoms with Crippen LogP contribution in [0.2, 0.25) is 0 Å². The highest BCUT2D eigenvalue weighted by Gasteiger charge is 2.32. The van der Waals surface area contributed by atoms with Gasteiger partial charge in [0, 0.05) is 24.6 Å². The van der Waals surface area contributed by atoms with Gasteiger partial charge in [-0.25, -0.2) is 0 Å². The number of rotatable bonds is 8. The minimum absolute atomic E-state index is 0.0390. The maximum Gasteiger partial charge on any atom is 0.416 e. The Morgan fingerprint density at radius 1 is 1.03 bits per heavy atom. The van der Waals surface area contributed by atoms with Crippen LogP contribution in [-0.2, 0) is 27.6 Å². The van der Waals surface area contributed by atoms with Crippen LogP contribution in [0.4, 0.5) is 13.2 Å². The Bertz CT molecular complexity index is 1020. The summed E-state index contributed by atoms with van der Waals surface area (Å²) < 4.78 is 69.4. The standard InChI is InChI=1S/C22H26F3NO4S/c1-15(2)12-21(27)26(16(3)4)14-17-8-5-6-11-20(17)30-31(28,29)19-10-7-9-18(13-19)22(23,24)25/h5-11,13,15-16H,12,14H2,1-4H3. The zero-order chi connectivity index (χ0) is 23.4. The fourth-order valence-corrected chi connectivity index (χ4v) is 3.93. The van der Waals surface area contributed by atoms with E-state index in [-0.39, 0.29) is 30.2 Å². The van der Waals surface area contributed by atoms with E-state index in [9.17, 15) is 26.4 Å². The third-order valence-electron chi connectivity index (χ3n) is 4.49. The van der Waals surface area contributed by atoms with Gasteiger partial charge in [0.2, 0.25) is 5.91 Å². The molecule has 0 atom stereocenters. The van der Waals surface area contributed by atoms with Crippen molar-refractivity contribution < 1.29 is 30.6 Å². The Labute approximate surface area is 181 Å². The van der Waals surface area contributed by atoms with E-state index < -0.39 is 26.8 Å². The summed E-state index contributed by atoms with van der Waals surface area (Å²) in [5.74, 6) is 0.0324. The predicted octanol–water partition coefficient (Wildman–Crippen LogP) is 5.26. The number of benzene rings is 2. The van der Waals surface area contributed by atoms with Gasteiger partial charge >= 0.3 is 16.3 Å². The number of carbonyl (C=O) groups excluding carboxylic acids is 1. The number of nitrogens with zero attached hydrogens (tertiary/aromatic N) is 1. The molecule has 0 aliphatic carbocycles. The van der Waals surface area contributed by atoms with Crippen molar-refractivity contribution in [2.24, 2.45) is 5.92 Å². The lowest BCUT2D eigenvalue weighted by atomic mass is 10.1. The molecule has 170 valence electrons. The van der Waals surface area contributed by atoms with Gasteiger partial charge in [-0.1, -0.05) is 38.1 Å². The molecule has 31 heavy (non-hydrogen) atoms. The second kappa shape index (κ2) is 9.72. The molecular formula is C22H26F3NO4S. The fraction of sp³-hybridized carbons (Fsp3) is 0.409. The summed E-state index contributed by atoms with van der Waals surface area (Å²) in [4.78, 5) is 13.6. The van der Waals surface area contributed by atoms with Crippen LogP contribution in [0, 0.1) is 5.92 Å². The lowest BCUT2D eigenvalue weighted by Crippen LogP contribution is -2.37. The number of carbonyl (C=O) groups is 1. The van der Waals surface area contributed by atoms with Crippen molar-refractivity contribution in [1.29, 1.82) is 0 Å². The lowest BCUT2D eigenvalue weighted by molar-refractivity contribution is -0.137. The topological polar surface area (TPSA) is 63.7 Å². The molecule has 0 unspecified atom stereocenters. The molecule has 0 fully saturated rings. The summed E-state index contributed by atoms with van der Waals surface area (Å²) in [6.45, 7) is 7.66. The molecule has 0 radical (unpaired) electrons. The second-order valence-corrected chi connectivity index (χ2v) is 9.43. The van der Waals surface area contributed by atoms with E-state index in [0.29, 0.717) is 18.1 Å². The van der Waals surface area contributed by atoms with E-state index in [0.717, 1.165) is 18.2 Å². The number of halogens is 3. The minimum Gasteiger partial charge on any atom is -0.379 e. The summed E-state index contributed by atoms with van der Waals surface area (Å²) in [7, 11) is -4.52. The molecule has 0 aliphatic rings. The van der Waals surface area contributed by atoms with Gasteiger partial charge in [-0.15, -0.1) is 0 Å². The molecule has 2 aromatic carbocycles. The third kappa shape index (κ3) is 6.72. The maximum absolute atomic E-state index is 13.0. The monoisotopic (exact) mass is 457 g/mol. The summed E-state index contributed by atoms with van der Waals surface area (Å²) in [5, 5.41) is 0. The lowest BCUT2D eigenvalue weighted by Gasteiger charge is -2.28. The SMILES string of the molecule is CC(C)CC(=O)N(Cc1ccccc1OS(=O)(=O)c1cccc(C(F)(F)F)c1)C(C)C. The molecule has 0 saturated heterocycles. The van der Waals surface area contributed by atoms with E-state index in [4.69, 9.17) is 4.18 Å². The van der Waals surface area contributed by atoms with Crippen LogP contribution in [0.1, 0.15) is 45.2 Å². The summed E-state index contributed by atoms with van der Waals surface area (Å²) in [5.41, 5.74) is -0.653. The second-order valence-electron chi connectivity index (χ2n) is 7.88. The van der Waals surface area contributed by atoms with Gasteiger partial charge < -0.3 is 9.08 Å². The molecule has 2 rings (SSSR count). The van der Waals surface area contributed by atoms with Crippen molar-refractivity contribution in [1.82, 2.24) is 4.90 Å². The van der Waals surface area contributed by atoms with Crippen LogP contribution in [0.3, 0.4) is 0 Å². The van der Waals surface area contributed by atoms with Crippen molar-refractivity contribution in [3.63, 3.8) is 0 Å². The van der Waals surface area contributed by atoms with Crippen molar-refractivity contribution in [3.8, 4) is 5.75 Å². The highest BCUT2D eigenvalue weighted by molar-refractivity contribution is 7.87. The van der Waals surface area contributed by atoms with Crippen molar-refractivity contribution in [2.75, 3.05) is 0 Å². The largest absolute Gasteiger partial charge is 0.416 e. The normalized spacial score (nSPS) is 12.3. The smallest absolute Gasteiger partial charge is 0.379 e. The molecular weight excluding hydrogens is 431 g/mol. The Morgan fingerprint density at radius 3 is 2.26 bits per heavy atom. The predicted molar refractivity (Wildman–Crippen MR) is 111 cm³/mol. The van der Waals surface area contributed by atoms with Gasteiger partial charge in [0.15, 0.2) is 0 Å². The van der Waals surface area contributed by atoms with Gasteiger partial charge in [0.25, 0.3) is 0 Å². The first-order valence-corrected chi connectivity index (χ1v) is 11.2. The number of alkyl halides is 3. The molecule has 0 saturated carbocycles. The van der Waals surface area contributed by atoms with Gasteiger partial charge in [0.05, 0.1) is 5.56 Å². The Kier molecular flexibility index (Phi) is 7.75. The molecule has 5 nitrogen and oxygen atoms in total. The Balaban J connectivity index is 2.34. The third-order valence-corrected chi connectivity index (χ3v) is 5.72. The van der Waals surface area contributed by atoms with Crippen molar-refractivity contribution >= 4 is 16.0 Å². The van der Waals surface area contributed by atoms with E-state index in [1.165, 1.54) is 6.07 Å². The van der Waals surface area contributed by atoms with Gasteiger partial charge in [0.1, 0.15) is 10.6 Å². The highest BCUT2D eigenvalue weighted by atomic mass is 32.2. The van der Waals surface area contributed by atoms with Crippen molar-refractivity contribution in [3.05, 3.63) is 59.7 Å². The van der Waals surface area contributed by atoms with Crippen LogP contribution in [0.5, 0.6) is 5.75 Å². The molecule has 0 aliphatic heterocycles. The Hall–Kier alpha value is -2.55. The fourth-order valence-electron chi connectivity index (χ4n) is 2.92. The Morgan fingerprint density at radius 2 is 1.68 bits per heavy atom. The average Bonchev–Trinajstić information content (AvgIpc) is 2.65. The van der Waals surface area contributed by atoms with Crippen molar-refractivity contribution in [2.45, 2.75) is 57.8 Å². The van der Waals surface area contributed by atoms with E-state index in [1.807, 2.05) is 27.7 Å². The van der Waals surface area contributed by atoms with Crippen LogP contribution in [0.25, 0.3) is 0 Å². The van der Waals surface area contributed by atoms with Crippen LogP contribution in [-0.4, -0.2) is 25.3 Å². The average molecular weight is 458 g/mol. The summed E-state index contributed by atoms with van der Waals surface area (Å²) in [6.07, 6.45) is -4.35. The molecule has 2 aromatic rings. The molecule has 0 aromatic heterocycles. The number of para-hydroxylation sites is 1. The van der Waals surface area contributed by atoms with Crippen LogP contribution in [0.15, 0.2) is 53.4 Å². The summed E-state index contributed by atoms with van der Waals surface area (Å²) >= 11 is 0. The first-order valence-electron chi connectivity index (χ1n) is 9.80. The minimum atomic E-state index is -4.68. The number of amides is 1. The molecule has 0 heterocycles. The summed E-state index contributed by atoms with van der Waals surface area (Å²) in [6, 6.07) is 9.48. The van der Waals surface area contributed by atoms with Crippen LogP contribution < -0.4 is 4.18 Å². The highest BCUT2D eigenvalue weighted by Crippen LogP contribution is 2.32. The number of hydrogen-bond acceptors (Lipinski definition) is 4. The van der Waals surface area contributed by atoms with Gasteiger partial charge in [-0.3, -0.25) is 4.79 Å². The molecule has 1 amide bonds. The number of hydrogen-bond donors (Lipinski definition) is 0. The molecule has 0 spiro atoms. The quantitative estimate of drug-likeness (QED) is 0.508. The first kappa shape index (κ1) is 24.7.